The number of nitrogens with one attached hydrogen (secondary N) is 1. The highest BCUT2D eigenvalue weighted by Crippen LogP contribution is 2.11. The fourth-order valence-electron chi connectivity index (χ4n) is 2.00. The molecule has 0 spiro atoms. The molecule has 23 heavy (non-hydrogen) atoms. The molecule has 0 aliphatic carbocycles. The summed E-state index contributed by atoms with van der Waals surface area (Å²) in [6.45, 7) is 0.625. The Morgan fingerprint density at radius 1 is 1.04 bits per heavy atom. The summed E-state index contributed by atoms with van der Waals surface area (Å²) in [5, 5.41) is 0. The SMILES string of the molecule is O=S(=O)(NCCn1ccnc1-c1ncccn1)c1cccnc1. The number of pyridine rings is 1. The van der Waals surface area contributed by atoms with Crippen molar-refractivity contribution >= 4 is 10.0 Å². The molecule has 0 unspecified atom stereocenters. The van der Waals surface area contributed by atoms with Gasteiger partial charge < -0.3 is 4.57 Å². The second kappa shape index (κ2) is 6.63. The van der Waals surface area contributed by atoms with Gasteiger partial charge in [0.1, 0.15) is 4.90 Å². The van der Waals surface area contributed by atoms with Crippen molar-refractivity contribution in [3.05, 3.63) is 55.4 Å². The van der Waals surface area contributed by atoms with Crippen molar-refractivity contribution in [1.29, 1.82) is 0 Å². The molecule has 9 heteroatoms. The molecule has 0 aliphatic heterocycles. The summed E-state index contributed by atoms with van der Waals surface area (Å²) in [6.07, 6.45) is 9.48. The lowest BCUT2D eigenvalue weighted by atomic mass is 10.5. The smallest absolute Gasteiger partial charge is 0.242 e. The largest absolute Gasteiger partial charge is 0.327 e. The van der Waals surface area contributed by atoms with Crippen molar-refractivity contribution in [1.82, 2.24) is 29.2 Å². The Morgan fingerprint density at radius 2 is 1.87 bits per heavy atom. The minimum Gasteiger partial charge on any atom is -0.327 e. The standard InChI is InChI=1S/C14H14N6O2S/c21-23(22,12-3-1-4-15-11-12)19-8-10-20-9-7-18-14(20)13-16-5-2-6-17-13/h1-7,9,11,19H,8,10H2. The van der Waals surface area contributed by atoms with Crippen molar-refractivity contribution < 1.29 is 8.42 Å². The Labute approximate surface area is 133 Å². The van der Waals surface area contributed by atoms with Crippen molar-refractivity contribution in [2.24, 2.45) is 0 Å². The highest BCUT2D eigenvalue weighted by Gasteiger charge is 2.14. The molecule has 8 nitrogen and oxygen atoms in total. The van der Waals surface area contributed by atoms with E-state index in [9.17, 15) is 8.42 Å². The van der Waals surface area contributed by atoms with Crippen LogP contribution in [0.15, 0.2) is 60.3 Å². The molecule has 118 valence electrons. The van der Waals surface area contributed by atoms with Gasteiger partial charge in [-0.05, 0) is 18.2 Å². The van der Waals surface area contributed by atoms with Gasteiger partial charge in [0.25, 0.3) is 0 Å². The van der Waals surface area contributed by atoms with E-state index in [1.165, 1.54) is 18.5 Å². The summed E-state index contributed by atoms with van der Waals surface area (Å²) in [4.78, 5) is 16.4. The van der Waals surface area contributed by atoms with E-state index in [4.69, 9.17) is 0 Å². The maximum Gasteiger partial charge on any atom is 0.242 e. The molecule has 0 radical (unpaired) electrons. The number of hydrogen-bond donors (Lipinski definition) is 1. The molecule has 0 aliphatic rings. The van der Waals surface area contributed by atoms with Gasteiger partial charge in [0.15, 0.2) is 11.6 Å². The first-order valence-electron chi connectivity index (χ1n) is 6.85. The summed E-state index contributed by atoms with van der Waals surface area (Å²) in [6, 6.07) is 4.80. The lowest BCUT2D eigenvalue weighted by Crippen LogP contribution is -2.27. The fourth-order valence-corrected chi connectivity index (χ4v) is 2.98. The third-order valence-corrected chi connectivity index (χ3v) is 4.52. The summed E-state index contributed by atoms with van der Waals surface area (Å²) in [5.41, 5.74) is 0. The molecular formula is C14H14N6O2S. The van der Waals surface area contributed by atoms with Crippen LogP contribution >= 0.6 is 0 Å². The van der Waals surface area contributed by atoms with Gasteiger partial charge in [0, 0.05) is 50.3 Å². The van der Waals surface area contributed by atoms with Gasteiger partial charge in [-0.3, -0.25) is 4.98 Å². The number of aromatic nitrogens is 5. The minimum absolute atomic E-state index is 0.136. The van der Waals surface area contributed by atoms with Crippen molar-refractivity contribution in [2.75, 3.05) is 6.54 Å². The second-order valence-corrected chi connectivity index (χ2v) is 6.37. The number of nitrogens with zero attached hydrogens (tertiary/aromatic N) is 5. The van der Waals surface area contributed by atoms with Crippen LogP contribution in [0.4, 0.5) is 0 Å². The van der Waals surface area contributed by atoms with Crippen LogP contribution in [0.25, 0.3) is 11.6 Å². The highest BCUT2D eigenvalue weighted by atomic mass is 32.2. The quantitative estimate of drug-likeness (QED) is 0.714. The Balaban J connectivity index is 1.68. The molecule has 0 aromatic carbocycles. The average molecular weight is 330 g/mol. The zero-order chi connectivity index (χ0) is 16.1. The maximum absolute atomic E-state index is 12.1. The van der Waals surface area contributed by atoms with Gasteiger partial charge >= 0.3 is 0 Å². The van der Waals surface area contributed by atoms with Crippen molar-refractivity contribution in [2.45, 2.75) is 11.4 Å². The highest BCUT2D eigenvalue weighted by molar-refractivity contribution is 7.89. The van der Waals surface area contributed by atoms with Crippen molar-refractivity contribution in [3.8, 4) is 11.6 Å². The van der Waals surface area contributed by atoms with Gasteiger partial charge in [-0.15, -0.1) is 0 Å². The Kier molecular flexibility index (Phi) is 4.40. The van der Waals surface area contributed by atoms with Gasteiger partial charge in [0.05, 0.1) is 0 Å². The second-order valence-electron chi connectivity index (χ2n) is 4.60. The predicted molar refractivity (Wildman–Crippen MR) is 82.7 cm³/mol. The van der Waals surface area contributed by atoms with E-state index in [1.807, 2.05) is 0 Å². The van der Waals surface area contributed by atoms with Crippen LogP contribution in [-0.4, -0.2) is 39.5 Å². The first-order valence-corrected chi connectivity index (χ1v) is 8.33. The zero-order valence-electron chi connectivity index (χ0n) is 12.1. The summed E-state index contributed by atoms with van der Waals surface area (Å²) in [7, 11) is -3.57. The molecule has 0 bridgehead atoms. The molecule has 3 rings (SSSR count). The summed E-state index contributed by atoms with van der Waals surface area (Å²) < 4.78 is 28.6. The topological polar surface area (TPSA) is 103 Å². The lowest BCUT2D eigenvalue weighted by Gasteiger charge is -2.09. The number of rotatable bonds is 6. The lowest BCUT2D eigenvalue weighted by molar-refractivity contribution is 0.573. The van der Waals surface area contributed by atoms with Crippen LogP contribution in [0, 0.1) is 0 Å². The molecule has 3 heterocycles. The monoisotopic (exact) mass is 330 g/mol. The van der Waals surface area contributed by atoms with Crippen LogP contribution < -0.4 is 4.72 Å². The number of imidazole rings is 1. The van der Waals surface area contributed by atoms with Gasteiger partial charge in [-0.2, -0.15) is 0 Å². The molecule has 3 aromatic rings. The van der Waals surface area contributed by atoms with E-state index in [-0.39, 0.29) is 11.4 Å². The maximum atomic E-state index is 12.1. The molecule has 0 saturated carbocycles. The Morgan fingerprint density at radius 3 is 2.61 bits per heavy atom. The zero-order valence-corrected chi connectivity index (χ0v) is 12.9. The van der Waals surface area contributed by atoms with E-state index in [2.05, 4.69) is 24.7 Å². The van der Waals surface area contributed by atoms with Crippen LogP contribution in [0.2, 0.25) is 0 Å². The normalized spacial score (nSPS) is 11.5. The van der Waals surface area contributed by atoms with Crippen LogP contribution in [0.5, 0.6) is 0 Å². The van der Waals surface area contributed by atoms with Crippen LogP contribution in [-0.2, 0) is 16.6 Å². The first kappa shape index (κ1) is 15.3. The molecule has 0 saturated heterocycles. The predicted octanol–water partition coefficient (Wildman–Crippen LogP) is 0.714. The summed E-state index contributed by atoms with van der Waals surface area (Å²) in [5.74, 6) is 1.08. The molecule has 0 fully saturated rings. The van der Waals surface area contributed by atoms with Gasteiger partial charge in [-0.1, -0.05) is 0 Å². The average Bonchev–Trinajstić information content (AvgIpc) is 3.05. The number of hydrogen-bond acceptors (Lipinski definition) is 6. The molecular weight excluding hydrogens is 316 g/mol. The molecule has 1 N–H and O–H groups in total. The third-order valence-electron chi connectivity index (χ3n) is 3.07. The van der Waals surface area contributed by atoms with Gasteiger partial charge in [0.2, 0.25) is 10.0 Å². The van der Waals surface area contributed by atoms with Crippen LogP contribution in [0.3, 0.4) is 0 Å². The van der Waals surface area contributed by atoms with Gasteiger partial charge in [-0.25, -0.2) is 28.1 Å². The Bertz CT molecular complexity index is 865. The van der Waals surface area contributed by atoms with E-state index in [0.717, 1.165) is 0 Å². The van der Waals surface area contributed by atoms with E-state index in [1.54, 1.807) is 41.5 Å². The number of sulfonamides is 1. The molecule has 0 amide bonds. The first-order chi connectivity index (χ1) is 11.2. The van der Waals surface area contributed by atoms with E-state index in [0.29, 0.717) is 18.2 Å². The third kappa shape index (κ3) is 3.58. The molecule has 3 aromatic heterocycles. The van der Waals surface area contributed by atoms with Crippen molar-refractivity contribution in [3.63, 3.8) is 0 Å². The van der Waals surface area contributed by atoms with E-state index >= 15 is 0 Å². The summed E-state index contributed by atoms with van der Waals surface area (Å²) >= 11 is 0. The Hall–Kier alpha value is -2.65. The molecule has 0 atom stereocenters. The van der Waals surface area contributed by atoms with E-state index < -0.39 is 10.0 Å². The van der Waals surface area contributed by atoms with Crippen LogP contribution in [0.1, 0.15) is 0 Å². The fraction of sp³-hybridized carbons (Fsp3) is 0.143. The minimum atomic E-state index is -3.57.